The maximum atomic E-state index is 12.2. The van der Waals surface area contributed by atoms with E-state index in [0.717, 1.165) is 25.2 Å². The molecule has 0 saturated heterocycles. The van der Waals surface area contributed by atoms with E-state index in [1.165, 1.54) is 38.2 Å². The zero-order chi connectivity index (χ0) is 16.9. The van der Waals surface area contributed by atoms with Crippen LogP contribution in [0, 0.1) is 5.92 Å². The molecule has 1 N–H and O–H groups in total. The van der Waals surface area contributed by atoms with Gasteiger partial charge in [0.1, 0.15) is 5.56 Å². The summed E-state index contributed by atoms with van der Waals surface area (Å²) in [6, 6.07) is 1.42. The molecule has 0 bridgehead atoms. The summed E-state index contributed by atoms with van der Waals surface area (Å²) < 4.78 is 5.26. The van der Waals surface area contributed by atoms with Crippen molar-refractivity contribution >= 4 is 11.8 Å². The average Bonchev–Trinajstić information content (AvgIpc) is 2.59. The molecule has 130 valence electrons. The Kier molecular flexibility index (Phi) is 5.48. The second-order valence-corrected chi connectivity index (χ2v) is 6.96. The molecule has 1 heterocycles. The number of esters is 1. The first-order valence-electron chi connectivity index (χ1n) is 9.11. The van der Waals surface area contributed by atoms with Gasteiger partial charge in [0.05, 0.1) is 6.61 Å². The van der Waals surface area contributed by atoms with Crippen LogP contribution in [0.3, 0.4) is 0 Å². The third-order valence-electron chi connectivity index (χ3n) is 5.19. The lowest BCUT2D eigenvalue weighted by Gasteiger charge is -2.21. The van der Waals surface area contributed by atoms with Crippen LogP contribution in [0.5, 0.6) is 0 Å². The average molecular weight is 331 g/mol. The quantitative estimate of drug-likeness (QED) is 0.662. The summed E-state index contributed by atoms with van der Waals surface area (Å²) in [6.45, 7) is 0.333. The molecule has 0 aliphatic heterocycles. The summed E-state index contributed by atoms with van der Waals surface area (Å²) in [5.74, 6) is 0.113. The van der Waals surface area contributed by atoms with Gasteiger partial charge >= 0.3 is 5.97 Å². The van der Waals surface area contributed by atoms with Gasteiger partial charge in [-0.15, -0.1) is 0 Å². The third kappa shape index (κ3) is 3.94. The van der Waals surface area contributed by atoms with E-state index in [4.69, 9.17) is 4.74 Å². The van der Waals surface area contributed by atoms with Crippen molar-refractivity contribution < 1.29 is 14.3 Å². The molecule has 2 aliphatic rings. The van der Waals surface area contributed by atoms with Crippen LogP contribution in [0.25, 0.3) is 0 Å². The summed E-state index contributed by atoms with van der Waals surface area (Å²) in [6.07, 6.45) is 10.3. The monoisotopic (exact) mass is 331 g/mol. The first-order chi connectivity index (χ1) is 11.6. The normalized spacial score (nSPS) is 18.2. The Labute approximate surface area is 141 Å². The number of carbonyl (C=O) groups is 2. The van der Waals surface area contributed by atoms with Gasteiger partial charge in [-0.05, 0) is 37.7 Å². The molecule has 0 radical (unpaired) electrons. The number of hydrogen-bond donors (Lipinski definition) is 1. The predicted molar refractivity (Wildman–Crippen MR) is 90.4 cm³/mol. The Balaban J connectivity index is 1.56. The Morgan fingerprint density at radius 2 is 1.92 bits per heavy atom. The van der Waals surface area contributed by atoms with Gasteiger partial charge in [0.2, 0.25) is 0 Å². The molecule has 5 nitrogen and oxygen atoms in total. The first-order valence-corrected chi connectivity index (χ1v) is 9.11. The van der Waals surface area contributed by atoms with E-state index in [1.807, 2.05) is 0 Å². The van der Waals surface area contributed by atoms with Crippen LogP contribution in [-0.4, -0.2) is 23.3 Å². The van der Waals surface area contributed by atoms with Crippen LogP contribution in [0.1, 0.15) is 84.2 Å². The number of carbonyl (C=O) groups excluding carboxylic acids is 2. The molecule has 0 spiro atoms. The Bertz CT molecular complexity index is 670. The van der Waals surface area contributed by atoms with Gasteiger partial charge < -0.3 is 9.72 Å². The van der Waals surface area contributed by atoms with E-state index in [1.54, 1.807) is 0 Å². The Morgan fingerprint density at radius 1 is 1.12 bits per heavy atom. The molecule has 0 atom stereocenters. The van der Waals surface area contributed by atoms with Crippen LogP contribution in [0.2, 0.25) is 0 Å². The molecule has 0 aromatic carbocycles. The summed E-state index contributed by atoms with van der Waals surface area (Å²) in [7, 11) is 0. The van der Waals surface area contributed by atoms with Gasteiger partial charge in [0, 0.05) is 17.7 Å². The van der Waals surface area contributed by atoms with E-state index in [0.29, 0.717) is 30.7 Å². The van der Waals surface area contributed by atoms with Gasteiger partial charge in [-0.3, -0.25) is 9.59 Å². The van der Waals surface area contributed by atoms with Gasteiger partial charge in [-0.2, -0.15) is 0 Å². The highest BCUT2D eigenvalue weighted by Crippen LogP contribution is 2.27. The fourth-order valence-corrected chi connectivity index (χ4v) is 3.82. The minimum atomic E-state index is -0.624. The van der Waals surface area contributed by atoms with E-state index in [2.05, 4.69) is 4.98 Å². The number of fused-ring (bicyclic) bond motifs is 1. The SMILES string of the molecule is O=C1CCCc2[nH]c(=O)c(C(=O)OCCCC3CCCCC3)cc21. The molecule has 2 aliphatic carbocycles. The van der Waals surface area contributed by atoms with Gasteiger partial charge in [0.25, 0.3) is 5.56 Å². The molecule has 5 heteroatoms. The molecule has 1 aromatic heterocycles. The minimum absolute atomic E-state index is 0.0150. The zero-order valence-corrected chi connectivity index (χ0v) is 14.1. The lowest BCUT2D eigenvalue weighted by Crippen LogP contribution is -2.25. The summed E-state index contributed by atoms with van der Waals surface area (Å²) in [5, 5.41) is 0. The molecule has 3 rings (SSSR count). The number of H-pyrrole nitrogens is 1. The number of nitrogens with one attached hydrogen (secondary N) is 1. The fourth-order valence-electron chi connectivity index (χ4n) is 3.82. The minimum Gasteiger partial charge on any atom is -0.462 e. The second kappa shape index (κ2) is 7.77. The number of ketones is 1. The standard InChI is InChI=1S/C19H25NO4/c21-17-10-4-9-16-14(17)12-15(18(22)20-16)19(23)24-11-5-8-13-6-2-1-3-7-13/h12-13H,1-11H2,(H,20,22). The third-order valence-corrected chi connectivity index (χ3v) is 5.19. The van der Waals surface area contributed by atoms with Crippen molar-refractivity contribution in [3.63, 3.8) is 0 Å². The van der Waals surface area contributed by atoms with Crippen molar-refractivity contribution in [2.45, 2.75) is 64.2 Å². The van der Waals surface area contributed by atoms with E-state index >= 15 is 0 Å². The van der Waals surface area contributed by atoms with Gasteiger partial charge in [-0.1, -0.05) is 32.1 Å². The fraction of sp³-hybridized carbons (Fsp3) is 0.632. The van der Waals surface area contributed by atoms with Crippen LogP contribution in [0.4, 0.5) is 0 Å². The van der Waals surface area contributed by atoms with Crippen molar-refractivity contribution in [1.29, 1.82) is 0 Å². The van der Waals surface area contributed by atoms with Gasteiger partial charge in [-0.25, -0.2) is 4.79 Å². The van der Waals surface area contributed by atoms with Crippen molar-refractivity contribution in [2.24, 2.45) is 5.92 Å². The summed E-state index contributed by atoms with van der Waals surface area (Å²) in [5.41, 5.74) is 0.600. The molecule has 1 fully saturated rings. The van der Waals surface area contributed by atoms with Gasteiger partial charge in [0.15, 0.2) is 5.78 Å². The van der Waals surface area contributed by atoms with E-state index in [-0.39, 0.29) is 11.3 Å². The number of aromatic amines is 1. The molecular weight excluding hydrogens is 306 g/mol. The topological polar surface area (TPSA) is 76.2 Å². The largest absolute Gasteiger partial charge is 0.462 e. The number of Topliss-reactive ketones (excluding diaryl/α,β-unsaturated/α-hetero) is 1. The Hall–Kier alpha value is -1.91. The second-order valence-electron chi connectivity index (χ2n) is 6.96. The van der Waals surface area contributed by atoms with Crippen molar-refractivity contribution in [2.75, 3.05) is 6.61 Å². The number of aryl methyl sites for hydroxylation is 1. The maximum absolute atomic E-state index is 12.2. The molecule has 24 heavy (non-hydrogen) atoms. The predicted octanol–water partition coefficient (Wildman–Crippen LogP) is 3.41. The summed E-state index contributed by atoms with van der Waals surface area (Å²) in [4.78, 5) is 38.8. The van der Waals surface area contributed by atoms with Crippen LogP contribution in [0.15, 0.2) is 10.9 Å². The highest BCUT2D eigenvalue weighted by Gasteiger charge is 2.22. The number of pyridine rings is 1. The van der Waals surface area contributed by atoms with Crippen LogP contribution >= 0.6 is 0 Å². The molecule has 1 saturated carbocycles. The maximum Gasteiger partial charge on any atom is 0.343 e. The number of hydrogen-bond acceptors (Lipinski definition) is 4. The molecular formula is C19H25NO4. The number of rotatable bonds is 5. The number of aromatic nitrogens is 1. The molecule has 1 aromatic rings. The zero-order valence-electron chi connectivity index (χ0n) is 14.1. The van der Waals surface area contributed by atoms with Crippen LogP contribution in [-0.2, 0) is 11.2 Å². The van der Waals surface area contributed by atoms with Crippen molar-refractivity contribution in [3.05, 3.63) is 33.2 Å². The smallest absolute Gasteiger partial charge is 0.343 e. The highest BCUT2D eigenvalue weighted by atomic mass is 16.5. The van der Waals surface area contributed by atoms with E-state index < -0.39 is 11.5 Å². The molecule has 0 amide bonds. The van der Waals surface area contributed by atoms with Crippen molar-refractivity contribution in [3.8, 4) is 0 Å². The lowest BCUT2D eigenvalue weighted by atomic mass is 9.86. The highest BCUT2D eigenvalue weighted by molar-refractivity contribution is 6.00. The Morgan fingerprint density at radius 3 is 2.71 bits per heavy atom. The van der Waals surface area contributed by atoms with E-state index in [9.17, 15) is 14.4 Å². The number of ether oxygens (including phenoxy) is 1. The first kappa shape index (κ1) is 16.9. The van der Waals surface area contributed by atoms with Crippen molar-refractivity contribution in [1.82, 2.24) is 4.98 Å². The molecule has 0 unspecified atom stereocenters. The van der Waals surface area contributed by atoms with Crippen LogP contribution < -0.4 is 5.56 Å². The summed E-state index contributed by atoms with van der Waals surface area (Å²) >= 11 is 0. The lowest BCUT2D eigenvalue weighted by molar-refractivity contribution is 0.0489.